The van der Waals surface area contributed by atoms with Crippen molar-refractivity contribution in [3.63, 3.8) is 0 Å². The lowest BCUT2D eigenvalue weighted by atomic mass is 10.0. The predicted octanol–water partition coefficient (Wildman–Crippen LogP) is 2.25. The molecule has 4 saturated heterocycles. The van der Waals surface area contributed by atoms with E-state index < -0.39 is 168 Å². The number of amides is 12. The molecule has 4 aliphatic heterocycles. The summed E-state index contributed by atoms with van der Waals surface area (Å²) in [5.41, 5.74) is 3.96. The van der Waals surface area contributed by atoms with Crippen LogP contribution < -0.4 is 21.3 Å². The molecule has 0 radical (unpaired) electrons. The summed E-state index contributed by atoms with van der Waals surface area (Å²) in [6.07, 6.45) is 3.27. The Labute approximate surface area is 647 Å². The van der Waals surface area contributed by atoms with Crippen LogP contribution in [0.1, 0.15) is 82.6 Å². The van der Waals surface area contributed by atoms with Gasteiger partial charge in [-0.2, -0.15) is 0 Å². The molecule has 36 heteroatoms. The van der Waals surface area contributed by atoms with Crippen molar-refractivity contribution < 1.29 is 116 Å². The fourth-order valence-electron chi connectivity index (χ4n) is 12.4. The Bertz CT molecular complexity index is 3960. The van der Waals surface area contributed by atoms with Crippen LogP contribution in [0.2, 0.25) is 0 Å². The minimum absolute atomic E-state index is 0.0281. The van der Waals surface area contributed by atoms with E-state index in [2.05, 4.69) is 26.0 Å². The van der Waals surface area contributed by atoms with Crippen LogP contribution in [0.4, 0.5) is 19.2 Å². The lowest BCUT2D eigenvalue weighted by molar-refractivity contribution is -0.151. The molecular formula is C76H100N12O24. The molecule has 0 spiro atoms. The van der Waals surface area contributed by atoms with Crippen molar-refractivity contribution in [2.24, 2.45) is 0 Å². The first-order chi connectivity index (χ1) is 53.0. The van der Waals surface area contributed by atoms with Gasteiger partial charge in [0.1, 0.15) is 24.2 Å². The van der Waals surface area contributed by atoms with E-state index in [9.17, 15) is 102 Å². The van der Waals surface area contributed by atoms with Gasteiger partial charge in [0.15, 0.2) is 24.2 Å². The first kappa shape index (κ1) is 90.9. The van der Waals surface area contributed by atoms with Crippen LogP contribution in [0.25, 0.3) is 0 Å². The summed E-state index contributed by atoms with van der Waals surface area (Å²) in [5, 5.41) is 58.1. The van der Waals surface area contributed by atoms with Gasteiger partial charge >= 0.3 is 71.9 Å². The zero-order chi connectivity index (χ0) is 83.4. The summed E-state index contributed by atoms with van der Waals surface area (Å²) in [6.45, 7) is 7.51. The molecule has 0 bridgehead atoms. The van der Waals surface area contributed by atoms with Gasteiger partial charge in [0.2, 0.25) is 23.6 Å². The Hall–Kier alpha value is -11.8. The molecular weight excluding hydrogens is 1460 g/mol. The molecule has 0 saturated carbocycles. The first-order valence-electron chi connectivity index (χ1n) is 36.0. The molecule has 12 amide bonds. The van der Waals surface area contributed by atoms with Crippen molar-refractivity contribution in [1.82, 2.24) is 60.5 Å². The highest BCUT2D eigenvalue weighted by atomic mass is 16.5. The third-order valence-corrected chi connectivity index (χ3v) is 18.6. The van der Waals surface area contributed by atoms with Gasteiger partial charge in [-0.05, 0) is 108 Å². The van der Waals surface area contributed by atoms with Gasteiger partial charge in [0.05, 0.1) is 71.2 Å². The largest absolute Gasteiger partial charge is 0.480 e. The molecule has 608 valence electrons. The number of hydrogen-bond acceptors (Lipinski definition) is 23. The second-order valence-corrected chi connectivity index (χ2v) is 26.9. The Morgan fingerprint density at radius 3 is 0.830 bits per heavy atom. The molecule has 0 aliphatic carbocycles. The van der Waals surface area contributed by atoms with Gasteiger partial charge in [-0.15, -0.1) is 0 Å². The molecule has 0 aromatic heterocycles. The molecule has 9 unspecified atom stereocenters. The number of carbonyl (C=O) groups is 16. The van der Waals surface area contributed by atoms with Gasteiger partial charge < -0.3 is 59.3 Å². The monoisotopic (exact) mass is 1560 g/mol. The van der Waals surface area contributed by atoms with Crippen LogP contribution in [-0.4, -0.2) is 308 Å². The summed E-state index contributed by atoms with van der Waals surface area (Å²) >= 11 is 0. The van der Waals surface area contributed by atoms with Crippen molar-refractivity contribution in [2.75, 3.05) is 75.2 Å². The number of nitrogens with one attached hydrogen (secondary N) is 4. The summed E-state index contributed by atoms with van der Waals surface area (Å²) in [4.78, 5) is 202. The smallest absolute Gasteiger partial charge is 0.331 e. The van der Waals surface area contributed by atoms with E-state index in [4.69, 9.17) is 9.47 Å². The van der Waals surface area contributed by atoms with Crippen molar-refractivity contribution in [3.05, 3.63) is 144 Å². The molecule has 4 heterocycles. The van der Waals surface area contributed by atoms with Gasteiger partial charge in [0.25, 0.3) is 0 Å². The Morgan fingerprint density at radius 1 is 0.366 bits per heavy atom. The third-order valence-electron chi connectivity index (χ3n) is 18.6. The third kappa shape index (κ3) is 25.4. The second-order valence-electron chi connectivity index (χ2n) is 26.9. The SMILES string of the molecule is CC(NC(CCc1ccccc1)C(=O)O)C(=O)N1C(=O)N(C)CC1C(=O)O.CCOC(=O)C1CN(C)C(=O)N1C(=O)C(C)NC(CCc1ccccc1)C(=O)O.COC(=O)C1CN(C)C(=O)N1C(=O)C(C)NC(CCc1ccccc1)C(=O)O.COC(=O)[C@H](CCc1ccccc1)N[C@@H](C)C(=O)N1C(=O)N(C)C[C@H]1C(=O)O. The molecule has 36 nitrogen and oxygen atoms in total. The number of rotatable bonds is 33. The van der Waals surface area contributed by atoms with E-state index in [1.807, 2.05) is 121 Å². The highest BCUT2D eigenvalue weighted by Crippen LogP contribution is 2.23. The average molecular weight is 1570 g/mol. The minimum Gasteiger partial charge on any atom is -0.480 e. The van der Waals surface area contributed by atoms with E-state index in [0.29, 0.717) is 37.0 Å². The van der Waals surface area contributed by atoms with Crippen LogP contribution in [0.15, 0.2) is 121 Å². The van der Waals surface area contributed by atoms with Gasteiger partial charge in [0, 0.05) is 28.2 Å². The lowest BCUT2D eigenvalue weighted by Gasteiger charge is -2.25. The summed E-state index contributed by atoms with van der Waals surface area (Å²) in [6, 6.07) is 22.8. The maximum absolute atomic E-state index is 12.9. The van der Waals surface area contributed by atoms with E-state index in [-0.39, 0.29) is 52.0 Å². The van der Waals surface area contributed by atoms with Gasteiger partial charge in [-0.1, -0.05) is 121 Å². The number of hydrogen-bond donors (Lipinski definition) is 9. The van der Waals surface area contributed by atoms with Crippen LogP contribution >= 0.6 is 0 Å². The quantitative estimate of drug-likeness (QED) is 0.0244. The molecule has 12 atom stereocenters. The second kappa shape index (κ2) is 43.6. The maximum atomic E-state index is 12.9. The van der Waals surface area contributed by atoms with E-state index in [1.54, 1.807) is 6.92 Å². The number of carboxylic acids is 5. The molecule has 4 aromatic carbocycles. The fourth-order valence-corrected chi connectivity index (χ4v) is 12.4. The van der Waals surface area contributed by atoms with Crippen LogP contribution in [0.5, 0.6) is 0 Å². The Balaban J connectivity index is 0.000000267. The Morgan fingerprint density at radius 2 is 0.598 bits per heavy atom. The summed E-state index contributed by atoms with van der Waals surface area (Å²) in [5.74, 6) is -10.5. The van der Waals surface area contributed by atoms with Crippen LogP contribution in [0.3, 0.4) is 0 Å². The zero-order valence-corrected chi connectivity index (χ0v) is 64.2. The lowest BCUT2D eigenvalue weighted by Crippen LogP contribution is -2.54. The number of esters is 3. The molecule has 8 rings (SSSR count). The number of methoxy groups -OCH3 is 2. The number of carboxylic acid groups (broad SMARTS) is 5. The van der Waals surface area contributed by atoms with Gasteiger partial charge in [-0.25, -0.2) is 58.0 Å². The fraction of sp³-hybridized carbons (Fsp3) is 0.474. The molecule has 4 aromatic rings. The first-order valence-corrected chi connectivity index (χ1v) is 36.0. The minimum atomic E-state index is -1.29. The Kier molecular flexibility index (Phi) is 35.4. The molecule has 9 N–H and O–H groups in total. The zero-order valence-electron chi connectivity index (χ0n) is 64.2. The number of nitrogens with zero attached hydrogens (tertiary/aromatic N) is 8. The topological polar surface area (TPSA) is 476 Å². The highest BCUT2D eigenvalue weighted by Gasteiger charge is 2.50. The van der Waals surface area contributed by atoms with E-state index >= 15 is 0 Å². The number of imide groups is 4. The van der Waals surface area contributed by atoms with Crippen molar-refractivity contribution in [3.8, 4) is 0 Å². The van der Waals surface area contributed by atoms with Crippen molar-refractivity contribution >= 4 is 95.5 Å². The number of likely N-dealkylation sites (N-methyl/N-ethyl adjacent to an activating group) is 4. The standard InChI is InChI=1S/C20H27N3O6.2C19H25N3O6.C18H23N3O6/c1-4-29-19(27)16-12-22(3)20(28)23(16)17(24)13(2)21-15(18(25)26)11-10-14-8-6-5-7-9-14;1-12(16(23)22-15(17(24)25)11-21(2)19(22)27)20-14(18(26)28-3)10-9-13-7-5-4-6-8-13;1-12(16(23)22-15(18(26)28-3)11-21(2)19(22)27)20-14(17(24)25)10-9-13-7-5-4-6-8-13;1-11(15(22)21-14(17(25)26)10-20(2)18(21)27)19-13(16(23)24)9-8-12-6-4-3-5-7-12/h5-9,13,15-16,21H,4,10-12H2,1-3H3,(H,25,26);2*4-8,12,14-15,20H,9-11H2,1-3H3,(H,24,25);3-7,11,13-14,19H,8-10H2,1-2H3,(H,23,24)(H,25,26)/t;12-,14-,15-;;/m.0../s1. The summed E-state index contributed by atoms with van der Waals surface area (Å²) in [7, 11) is 8.23. The van der Waals surface area contributed by atoms with Crippen molar-refractivity contribution in [2.45, 2.75) is 158 Å². The number of ether oxygens (including phenoxy) is 3. The van der Waals surface area contributed by atoms with Crippen molar-refractivity contribution in [1.29, 1.82) is 0 Å². The van der Waals surface area contributed by atoms with Gasteiger partial charge in [-0.3, -0.25) is 59.6 Å². The maximum Gasteiger partial charge on any atom is 0.331 e. The number of benzene rings is 4. The normalized spacial score (nSPS) is 18.7. The number of carbonyl (C=O) groups excluding carboxylic acids is 11. The highest BCUT2D eigenvalue weighted by molar-refractivity contribution is 6.06. The van der Waals surface area contributed by atoms with E-state index in [1.165, 1.54) is 84.8 Å². The van der Waals surface area contributed by atoms with E-state index in [0.717, 1.165) is 41.9 Å². The summed E-state index contributed by atoms with van der Waals surface area (Å²) < 4.78 is 14.4. The number of aliphatic carboxylic acids is 5. The van der Waals surface area contributed by atoms with Crippen LogP contribution in [0, 0.1) is 0 Å². The number of urea groups is 4. The van der Waals surface area contributed by atoms with Crippen LogP contribution in [-0.2, 0) is 97.4 Å². The molecule has 112 heavy (non-hydrogen) atoms. The molecule has 4 fully saturated rings. The number of aryl methyl sites for hydroxylation is 4. The molecule has 4 aliphatic rings. The average Bonchev–Trinajstić information content (AvgIpc) is 1.67. The predicted molar refractivity (Wildman–Crippen MR) is 398 cm³/mol.